The third-order valence-electron chi connectivity index (χ3n) is 3.24. The molecule has 1 heterocycles. The van der Waals surface area contributed by atoms with Crippen molar-refractivity contribution in [2.45, 2.75) is 13.5 Å². The van der Waals surface area contributed by atoms with Crippen molar-refractivity contribution in [2.24, 2.45) is 0 Å². The number of thiocarbonyl (C=S) groups is 1. The van der Waals surface area contributed by atoms with Gasteiger partial charge >= 0.3 is 0 Å². The van der Waals surface area contributed by atoms with Crippen LogP contribution in [0.5, 0.6) is 0 Å². The standard InChI is InChI=1S/C16H16N4S/c1-2-20-11-10-15(19-20)18-16(21)17-14-9-5-7-12-6-3-4-8-13(12)14/h3-11H,2H2,1H3,(H2,17,18,19,21). The van der Waals surface area contributed by atoms with Gasteiger partial charge in [0.25, 0.3) is 0 Å². The molecule has 0 aliphatic heterocycles. The number of aromatic nitrogens is 2. The third kappa shape index (κ3) is 3.03. The lowest BCUT2D eigenvalue weighted by Gasteiger charge is -2.11. The second-order valence-corrected chi connectivity index (χ2v) is 5.07. The minimum absolute atomic E-state index is 0.535. The van der Waals surface area contributed by atoms with Crippen molar-refractivity contribution in [3.8, 4) is 0 Å². The summed E-state index contributed by atoms with van der Waals surface area (Å²) in [6, 6.07) is 16.2. The molecule has 0 saturated carbocycles. The van der Waals surface area contributed by atoms with Crippen LogP contribution in [-0.4, -0.2) is 14.9 Å². The van der Waals surface area contributed by atoms with Crippen molar-refractivity contribution >= 4 is 39.6 Å². The molecule has 0 bridgehead atoms. The zero-order chi connectivity index (χ0) is 14.7. The lowest BCUT2D eigenvalue weighted by molar-refractivity contribution is 0.662. The first-order valence-corrected chi connectivity index (χ1v) is 7.26. The molecule has 0 atom stereocenters. The number of hydrogen-bond acceptors (Lipinski definition) is 2. The van der Waals surface area contributed by atoms with Crippen LogP contribution in [-0.2, 0) is 6.54 Å². The van der Waals surface area contributed by atoms with Gasteiger partial charge in [-0.15, -0.1) is 0 Å². The van der Waals surface area contributed by atoms with Gasteiger partial charge in [-0.25, -0.2) is 0 Å². The van der Waals surface area contributed by atoms with E-state index in [1.807, 2.05) is 48.1 Å². The first-order chi connectivity index (χ1) is 10.3. The molecule has 0 aliphatic rings. The summed E-state index contributed by atoms with van der Waals surface area (Å²) in [6.07, 6.45) is 1.92. The van der Waals surface area contributed by atoms with Crippen LogP contribution in [0.25, 0.3) is 10.8 Å². The predicted octanol–water partition coefficient (Wildman–Crippen LogP) is 3.87. The van der Waals surface area contributed by atoms with Crippen LogP contribution in [0.4, 0.5) is 11.5 Å². The molecule has 3 rings (SSSR count). The van der Waals surface area contributed by atoms with Crippen LogP contribution < -0.4 is 10.6 Å². The minimum atomic E-state index is 0.535. The van der Waals surface area contributed by atoms with E-state index in [2.05, 4.69) is 33.9 Å². The topological polar surface area (TPSA) is 41.9 Å². The lowest BCUT2D eigenvalue weighted by atomic mass is 10.1. The molecule has 0 unspecified atom stereocenters. The van der Waals surface area contributed by atoms with Crippen molar-refractivity contribution < 1.29 is 0 Å². The number of hydrogen-bond donors (Lipinski definition) is 2. The van der Waals surface area contributed by atoms with Crippen LogP contribution in [0.2, 0.25) is 0 Å². The van der Waals surface area contributed by atoms with Gasteiger partial charge in [-0.05, 0) is 30.6 Å². The maximum atomic E-state index is 5.36. The highest BCUT2D eigenvalue weighted by molar-refractivity contribution is 7.80. The second kappa shape index (κ2) is 5.93. The Labute approximate surface area is 128 Å². The Kier molecular flexibility index (Phi) is 3.83. The third-order valence-corrected chi connectivity index (χ3v) is 3.45. The summed E-state index contributed by atoms with van der Waals surface area (Å²) in [7, 11) is 0. The van der Waals surface area contributed by atoms with E-state index in [-0.39, 0.29) is 0 Å². The molecule has 0 aliphatic carbocycles. The van der Waals surface area contributed by atoms with Gasteiger partial charge in [0.05, 0.1) is 0 Å². The summed E-state index contributed by atoms with van der Waals surface area (Å²) in [5.74, 6) is 0.745. The Balaban J connectivity index is 1.77. The molecule has 0 radical (unpaired) electrons. The van der Waals surface area contributed by atoms with Gasteiger partial charge in [-0.3, -0.25) is 4.68 Å². The first-order valence-electron chi connectivity index (χ1n) is 6.85. The number of rotatable bonds is 3. The van der Waals surface area contributed by atoms with Crippen LogP contribution >= 0.6 is 12.2 Å². The molecule has 106 valence electrons. The zero-order valence-corrected chi connectivity index (χ0v) is 12.5. The van der Waals surface area contributed by atoms with Gasteiger partial charge in [-0.2, -0.15) is 5.10 Å². The van der Waals surface area contributed by atoms with Crippen LogP contribution in [0.15, 0.2) is 54.7 Å². The normalized spacial score (nSPS) is 10.5. The van der Waals surface area contributed by atoms with E-state index in [4.69, 9.17) is 12.2 Å². The second-order valence-electron chi connectivity index (χ2n) is 4.66. The first kappa shape index (κ1) is 13.6. The summed E-state index contributed by atoms with van der Waals surface area (Å²) >= 11 is 5.36. The Bertz CT molecular complexity index is 773. The molecular weight excluding hydrogens is 280 g/mol. The molecule has 0 saturated heterocycles. The number of fused-ring (bicyclic) bond motifs is 1. The average Bonchev–Trinajstić information content (AvgIpc) is 2.95. The number of nitrogens with one attached hydrogen (secondary N) is 2. The van der Waals surface area contributed by atoms with E-state index in [0.29, 0.717) is 5.11 Å². The van der Waals surface area contributed by atoms with Crippen molar-refractivity contribution in [3.05, 3.63) is 54.7 Å². The summed E-state index contributed by atoms with van der Waals surface area (Å²) in [6.45, 7) is 2.88. The fourth-order valence-corrected chi connectivity index (χ4v) is 2.42. The molecule has 0 amide bonds. The Hall–Kier alpha value is -2.40. The number of nitrogens with zero attached hydrogens (tertiary/aromatic N) is 2. The molecule has 5 heteroatoms. The van der Waals surface area contributed by atoms with Gasteiger partial charge < -0.3 is 10.6 Å². The highest BCUT2D eigenvalue weighted by Gasteiger charge is 2.04. The van der Waals surface area contributed by atoms with Crippen molar-refractivity contribution in [1.82, 2.24) is 9.78 Å². The average molecular weight is 296 g/mol. The quantitative estimate of drug-likeness (QED) is 0.720. The zero-order valence-electron chi connectivity index (χ0n) is 11.7. The number of anilines is 2. The molecule has 21 heavy (non-hydrogen) atoms. The smallest absolute Gasteiger partial charge is 0.176 e. The lowest BCUT2D eigenvalue weighted by Crippen LogP contribution is -2.19. The molecule has 3 aromatic rings. The van der Waals surface area contributed by atoms with Crippen LogP contribution in [0.1, 0.15) is 6.92 Å². The van der Waals surface area contributed by atoms with E-state index in [1.54, 1.807) is 0 Å². The van der Waals surface area contributed by atoms with Gasteiger partial charge in [0.1, 0.15) is 0 Å². The van der Waals surface area contributed by atoms with Crippen LogP contribution in [0.3, 0.4) is 0 Å². The fourth-order valence-electron chi connectivity index (χ4n) is 2.21. The Morgan fingerprint density at radius 1 is 1.10 bits per heavy atom. The molecule has 1 aromatic heterocycles. The Morgan fingerprint density at radius 3 is 2.71 bits per heavy atom. The van der Waals surface area contributed by atoms with Crippen LogP contribution in [0, 0.1) is 0 Å². The van der Waals surface area contributed by atoms with E-state index >= 15 is 0 Å². The fraction of sp³-hybridized carbons (Fsp3) is 0.125. The summed E-state index contributed by atoms with van der Waals surface area (Å²) in [5.41, 5.74) is 0.987. The largest absolute Gasteiger partial charge is 0.332 e. The minimum Gasteiger partial charge on any atom is -0.332 e. The van der Waals surface area contributed by atoms with E-state index in [1.165, 1.54) is 5.39 Å². The number of benzene rings is 2. The SMILES string of the molecule is CCn1ccc(NC(=S)Nc2cccc3ccccc23)n1. The van der Waals surface area contributed by atoms with E-state index in [0.717, 1.165) is 23.4 Å². The van der Waals surface area contributed by atoms with Gasteiger partial charge in [-0.1, -0.05) is 36.4 Å². The summed E-state index contributed by atoms with van der Waals surface area (Å²) < 4.78 is 1.85. The highest BCUT2D eigenvalue weighted by atomic mass is 32.1. The molecule has 2 N–H and O–H groups in total. The maximum absolute atomic E-state index is 5.36. The van der Waals surface area contributed by atoms with Crippen molar-refractivity contribution in [3.63, 3.8) is 0 Å². The molecule has 2 aromatic carbocycles. The van der Waals surface area contributed by atoms with E-state index < -0.39 is 0 Å². The highest BCUT2D eigenvalue weighted by Crippen LogP contribution is 2.23. The number of aryl methyl sites for hydroxylation is 1. The summed E-state index contributed by atoms with van der Waals surface area (Å²) in [5, 5.41) is 13.5. The van der Waals surface area contributed by atoms with Gasteiger partial charge in [0.15, 0.2) is 10.9 Å². The molecule has 0 spiro atoms. The van der Waals surface area contributed by atoms with Crippen molar-refractivity contribution in [2.75, 3.05) is 10.6 Å². The molecular formula is C16H16N4S. The maximum Gasteiger partial charge on any atom is 0.176 e. The van der Waals surface area contributed by atoms with E-state index in [9.17, 15) is 0 Å². The van der Waals surface area contributed by atoms with Crippen molar-refractivity contribution in [1.29, 1.82) is 0 Å². The monoisotopic (exact) mass is 296 g/mol. The predicted molar refractivity (Wildman–Crippen MR) is 91.7 cm³/mol. The van der Waals surface area contributed by atoms with Gasteiger partial charge in [0.2, 0.25) is 0 Å². The molecule has 4 nitrogen and oxygen atoms in total. The van der Waals surface area contributed by atoms with Gasteiger partial charge in [0, 0.05) is 29.9 Å². The molecule has 0 fully saturated rings. The Morgan fingerprint density at radius 2 is 1.90 bits per heavy atom. The summed E-state index contributed by atoms with van der Waals surface area (Å²) in [4.78, 5) is 0.